The normalized spacial score (nSPS) is 11.8. The first-order valence-corrected chi connectivity index (χ1v) is 21.8. The fraction of sp³-hybridized carbons (Fsp3) is 0. The highest BCUT2D eigenvalue weighted by Gasteiger charge is 2.18. The van der Waals surface area contributed by atoms with Gasteiger partial charge in [0.2, 0.25) is 0 Å². The van der Waals surface area contributed by atoms with Gasteiger partial charge < -0.3 is 18.5 Å². The molecule has 13 rings (SSSR count). The Morgan fingerprint density at radius 2 is 0.719 bits per heavy atom. The van der Waals surface area contributed by atoms with Crippen molar-refractivity contribution in [2.24, 2.45) is 0 Å². The van der Waals surface area contributed by atoms with Crippen LogP contribution in [0.25, 0.3) is 99.2 Å². The number of aromatic nitrogens is 2. The molecule has 0 fully saturated rings. The van der Waals surface area contributed by atoms with Crippen molar-refractivity contribution in [1.82, 2.24) is 9.13 Å². The number of furan rings is 1. The summed E-state index contributed by atoms with van der Waals surface area (Å²) in [7, 11) is 0. The van der Waals surface area contributed by atoms with E-state index in [0.717, 1.165) is 61.5 Å². The Bertz CT molecular complexity index is 3840. The van der Waals surface area contributed by atoms with E-state index in [4.69, 9.17) is 4.42 Å². The summed E-state index contributed by atoms with van der Waals surface area (Å²) in [6.45, 7) is 0. The second kappa shape index (κ2) is 14.5. The molecule has 0 amide bonds. The molecule has 13 aromatic rings. The number of rotatable bonds is 7. The van der Waals surface area contributed by atoms with Gasteiger partial charge in [-0.25, -0.2) is 0 Å². The molecule has 64 heavy (non-hydrogen) atoms. The van der Waals surface area contributed by atoms with E-state index >= 15 is 0 Å². The molecular weight excluding hydrogens is 779 g/mol. The Labute approximate surface area is 369 Å². The van der Waals surface area contributed by atoms with Crippen molar-refractivity contribution in [2.45, 2.75) is 0 Å². The van der Waals surface area contributed by atoms with E-state index in [0.29, 0.717) is 0 Å². The Kier molecular flexibility index (Phi) is 8.18. The fourth-order valence-electron chi connectivity index (χ4n) is 9.94. The largest absolute Gasteiger partial charge is 0.456 e. The number of nitrogens with zero attached hydrogens (tertiary/aromatic N) is 3. The molecule has 0 unspecified atom stereocenters. The van der Waals surface area contributed by atoms with Gasteiger partial charge in [0, 0.05) is 60.8 Å². The lowest BCUT2D eigenvalue weighted by molar-refractivity contribution is 0.669. The van der Waals surface area contributed by atoms with Crippen LogP contribution < -0.4 is 4.90 Å². The third-order valence-electron chi connectivity index (χ3n) is 12.9. The first-order chi connectivity index (χ1) is 31.7. The lowest BCUT2D eigenvalue weighted by Gasteiger charge is -2.26. The van der Waals surface area contributed by atoms with Crippen molar-refractivity contribution >= 4 is 82.6 Å². The molecule has 10 aromatic carbocycles. The van der Waals surface area contributed by atoms with E-state index in [1.807, 2.05) is 12.1 Å². The Morgan fingerprint density at radius 3 is 1.36 bits per heavy atom. The smallest absolute Gasteiger partial charge is 0.135 e. The molecule has 0 spiro atoms. The average Bonchev–Trinajstić information content (AvgIpc) is 4.02. The highest BCUT2D eigenvalue weighted by Crippen LogP contribution is 2.41. The topological polar surface area (TPSA) is 26.2 Å². The van der Waals surface area contributed by atoms with Crippen molar-refractivity contribution in [1.29, 1.82) is 0 Å². The standard InChI is InChI=1S/C60H39N3O/c1-2-13-44(14-3-1)62-57-23-10-6-19-51(57)53-37-42(29-35-58(53)62)40-25-31-45(32-26-40)61(46-33-27-41(28-34-46)43-30-36-60-54(38-43)52-20-7-11-24-59(52)64-60)47-15-12-16-48(39-47)63-55-21-8-4-17-49(55)50-18-5-9-22-56(50)63/h1-39H. The first kappa shape index (κ1) is 36.1. The predicted molar refractivity (Wildman–Crippen MR) is 268 cm³/mol. The maximum absolute atomic E-state index is 6.16. The zero-order valence-electron chi connectivity index (χ0n) is 34.8. The maximum atomic E-state index is 6.16. The predicted octanol–water partition coefficient (Wildman–Crippen LogP) is 16.6. The van der Waals surface area contributed by atoms with Gasteiger partial charge in [0.05, 0.1) is 22.1 Å². The molecule has 0 saturated carbocycles. The number of anilines is 3. The number of para-hydroxylation sites is 5. The van der Waals surface area contributed by atoms with E-state index in [1.165, 1.54) is 54.7 Å². The Balaban J connectivity index is 0.925. The fourth-order valence-corrected chi connectivity index (χ4v) is 9.94. The Hall–Kier alpha value is -8.60. The van der Waals surface area contributed by atoms with Gasteiger partial charge in [0.25, 0.3) is 0 Å². The van der Waals surface area contributed by atoms with Gasteiger partial charge in [-0.1, -0.05) is 133 Å². The molecule has 3 aromatic heterocycles. The summed E-state index contributed by atoms with van der Waals surface area (Å²) < 4.78 is 10.9. The molecule has 0 bridgehead atoms. The summed E-state index contributed by atoms with van der Waals surface area (Å²) in [5, 5.41) is 7.24. The molecule has 4 heteroatoms. The Morgan fingerprint density at radius 1 is 0.266 bits per heavy atom. The molecule has 0 N–H and O–H groups in total. The second-order valence-electron chi connectivity index (χ2n) is 16.5. The van der Waals surface area contributed by atoms with E-state index in [2.05, 4.69) is 238 Å². The van der Waals surface area contributed by atoms with Crippen LogP contribution in [0.4, 0.5) is 17.1 Å². The maximum Gasteiger partial charge on any atom is 0.135 e. The van der Waals surface area contributed by atoms with Gasteiger partial charge in [0.1, 0.15) is 11.2 Å². The lowest BCUT2D eigenvalue weighted by atomic mass is 10.0. The van der Waals surface area contributed by atoms with Crippen LogP contribution in [0, 0.1) is 0 Å². The second-order valence-corrected chi connectivity index (χ2v) is 16.5. The summed E-state index contributed by atoms with van der Waals surface area (Å²) >= 11 is 0. The van der Waals surface area contributed by atoms with Gasteiger partial charge in [-0.15, -0.1) is 0 Å². The first-order valence-electron chi connectivity index (χ1n) is 21.8. The van der Waals surface area contributed by atoms with Crippen LogP contribution >= 0.6 is 0 Å². The van der Waals surface area contributed by atoms with Crippen LogP contribution in [0.5, 0.6) is 0 Å². The van der Waals surface area contributed by atoms with Gasteiger partial charge >= 0.3 is 0 Å². The van der Waals surface area contributed by atoms with Gasteiger partial charge in [-0.3, -0.25) is 0 Å². The summed E-state index contributed by atoms with van der Waals surface area (Å²) in [5.41, 5.74) is 16.7. The van der Waals surface area contributed by atoms with Gasteiger partial charge in [0.15, 0.2) is 0 Å². The molecule has 4 nitrogen and oxygen atoms in total. The van der Waals surface area contributed by atoms with Gasteiger partial charge in [-0.05, 0) is 125 Å². The SMILES string of the molecule is c1ccc(-n2c3ccccc3c3cc(-c4ccc(N(c5ccc(-c6ccc7oc8ccccc8c7c6)cc5)c5cccc(-n6c7ccccc7c7ccccc76)c5)cc4)ccc32)cc1. The number of benzene rings is 10. The van der Waals surface area contributed by atoms with Crippen molar-refractivity contribution in [3.63, 3.8) is 0 Å². The molecule has 0 saturated heterocycles. The van der Waals surface area contributed by atoms with Crippen molar-refractivity contribution in [2.75, 3.05) is 4.90 Å². The zero-order valence-corrected chi connectivity index (χ0v) is 34.8. The molecule has 3 heterocycles. The summed E-state index contributed by atoms with van der Waals surface area (Å²) in [4.78, 5) is 2.37. The summed E-state index contributed by atoms with van der Waals surface area (Å²) in [6.07, 6.45) is 0. The summed E-state index contributed by atoms with van der Waals surface area (Å²) in [5.74, 6) is 0. The summed E-state index contributed by atoms with van der Waals surface area (Å²) in [6, 6.07) is 85.3. The minimum absolute atomic E-state index is 0.901. The van der Waals surface area contributed by atoms with Crippen molar-refractivity contribution < 1.29 is 4.42 Å². The van der Waals surface area contributed by atoms with Crippen LogP contribution in [0.15, 0.2) is 241 Å². The third kappa shape index (κ3) is 5.77. The van der Waals surface area contributed by atoms with Crippen LogP contribution in [0.2, 0.25) is 0 Å². The zero-order chi connectivity index (χ0) is 42.1. The van der Waals surface area contributed by atoms with Crippen LogP contribution in [0.3, 0.4) is 0 Å². The molecule has 0 aliphatic carbocycles. The average molecular weight is 818 g/mol. The van der Waals surface area contributed by atoms with Crippen molar-refractivity contribution in [3.8, 4) is 33.6 Å². The molecule has 0 radical (unpaired) electrons. The highest BCUT2D eigenvalue weighted by molar-refractivity contribution is 6.11. The van der Waals surface area contributed by atoms with Crippen LogP contribution in [-0.4, -0.2) is 9.13 Å². The number of fused-ring (bicyclic) bond motifs is 9. The monoisotopic (exact) mass is 817 g/mol. The number of hydrogen-bond donors (Lipinski definition) is 0. The lowest BCUT2D eigenvalue weighted by Crippen LogP contribution is -2.10. The van der Waals surface area contributed by atoms with E-state index in [9.17, 15) is 0 Å². The molecule has 0 aliphatic rings. The van der Waals surface area contributed by atoms with Gasteiger partial charge in [-0.2, -0.15) is 0 Å². The third-order valence-corrected chi connectivity index (χ3v) is 12.9. The minimum atomic E-state index is 0.901. The minimum Gasteiger partial charge on any atom is -0.456 e. The van der Waals surface area contributed by atoms with E-state index < -0.39 is 0 Å². The van der Waals surface area contributed by atoms with Crippen molar-refractivity contribution in [3.05, 3.63) is 237 Å². The number of hydrogen-bond acceptors (Lipinski definition) is 2. The van der Waals surface area contributed by atoms with E-state index in [1.54, 1.807) is 0 Å². The molecule has 0 atom stereocenters. The van der Waals surface area contributed by atoms with Crippen LogP contribution in [0.1, 0.15) is 0 Å². The molecule has 0 aliphatic heterocycles. The molecule has 300 valence electrons. The quantitative estimate of drug-likeness (QED) is 0.160. The van der Waals surface area contributed by atoms with Crippen LogP contribution in [-0.2, 0) is 0 Å². The van der Waals surface area contributed by atoms with E-state index in [-0.39, 0.29) is 0 Å². The highest BCUT2D eigenvalue weighted by atomic mass is 16.3. The molecular formula is C60H39N3O.